The lowest BCUT2D eigenvalue weighted by molar-refractivity contribution is 0.534. The monoisotopic (exact) mass is 414 g/mol. The molecule has 0 spiro atoms. The Morgan fingerprint density at radius 2 is 1.93 bits per heavy atom. The van der Waals surface area contributed by atoms with Gasteiger partial charge in [0.2, 0.25) is 0 Å². The average molecular weight is 414 g/mol. The van der Waals surface area contributed by atoms with Crippen LogP contribution >= 0.6 is 11.8 Å². The predicted molar refractivity (Wildman–Crippen MR) is 115 cm³/mol. The van der Waals surface area contributed by atoms with E-state index in [0.717, 1.165) is 50.3 Å². The molecule has 0 aliphatic carbocycles. The number of para-hydroxylation sites is 1. The van der Waals surface area contributed by atoms with Crippen molar-refractivity contribution in [3.63, 3.8) is 0 Å². The molecule has 0 atom stereocenters. The quantitative estimate of drug-likeness (QED) is 0.373. The molecule has 0 radical (unpaired) electrons. The van der Waals surface area contributed by atoms with Crippen molar-refractivity contribution in [2.45, 2.75) is 30.6 Å². The minimum absolute atomic E-state index is 0.637. The molecule has 0 unspecified atom stereocenters. The maximum atomic E-state index is 5.45. The van der Waals surface area contributed by atoms with Crippen LogP contribution in [-0.4, -0.2) is 29.7 Å². The summed E-state index contributed by atoms with van der Waals surface area (Å²) in [4.78, 5) is 13.8. The van der Waals surface area contributed by atoms with Crippen molar-refractivity contribution < 1.29 is 4.42 Å². The second-order valence-electron chi connectivity index (χ2n) is 6.65. The van der Waals surface area contributed by atoms with Crippen LogP contribution in [0.15, 0.2) is 75.7 Å². The van der Waals surface area contributed by atoms with Gasteiger partial charge in [0.05, 0.1) is 17.3 Å². The zero-order valence-corrected chi connectivity index (χ0v) is 17.3. The first-order valence-electron chi connectivity index (χ1n) is 9.57. The maximum absolute atomic E-state index is 5.45. The van der Waals surface area contributed by atoms with Crippen LogP contribution in [0.5, 0.6) is 0 Å². The lowest BCUT2D eigenvalue weighted by Crippen LogP contribution is -2.01. The predicted octanol–water partition coefficient (Wildman–Crippen LogP) is 5.02. The van der Waals surface area contributed by atoms with E-state index >= 15 is 0 Å². The fourth-order valence-corrected chi connectivity index (χ4v) is 4.30. The summed E-state index contributed by atoms with van der Waals surface area (Å²) >= 11 is 1.49. The Morgan fingerprint density at radius 3 is 2.70 bits per heavy atom. The summed E-state index contributed by atoms with van der Waals surface area (Å²) in [6.07, 6.45) is 5.18. The van der Waals surface area contributed by atoms with Gasteiger partial charge >= 0.3 is 0 Å². The molecular formula is C22H18N6OS. The van der Waals surface area contributed by atoms with E-state index in [9.17, 15) is 0 Å². The number of aryl methyl sites for hydroxylation is 1. The van der Waals surface area contributed by atoms with Gasteiger partial charge in [-0.15, -0.1) is 10.2 Å². The first kappa shape index (κ1) is 18.5. The van der Waals surface area contributed by atoms with Crippen LogP contribution in [0.1, 0.15) is 12.7 Å². The van der Waals surface area contributed by atoms with Gasteiger partial charge in [0.15, 0.2) is 16.8 Å². The Bertz CT molecular complexity index is 1330. The number of rotatable bonds is 5. The molecule has 5 rings (SSSR count). The zero-order valence-electron chi connectivity index (χ0n) is 16.5. The number of hydrogen-bond donors (Lipinski definition) is 0. The number of nitrogens with zero attached hydrogens (tertiary/aromatic N) is 6. The van der Waals surface area contributed by atoms with E-state index in [2.05, 4.69) is 26.7 Å². The van der Waals surface area contributed by atoms with E-state index < -0.39 is 0 Å². The smallest absolute Gasteiger partial charge is 0.197 e. The molecule has 4 aromatic heterocycles. The van der Waals surface area contributed by atoms with E-state index in [4.69, 9.17) is 14.4 Å². The average Bonchev–Trinajstić information content (AvgIpc) is 3.39. The normalized spacial score (nSPS) is 11.3. The van der Waals surface area contributed by atoms with Crippen molar-refractivity contribution >= 4 is 22.7 Å². The van der Waals surface area contributed by atoms with E-state index in [-0.39, 0.29) is 0 Å². The fraction of sp³-hybridized carbons (Fsp3) is 0.136. The highest BCUT2D eigenvalue weighted by atomic mass is 32.2. The molecule has 148 valence electrons. The third kappa shape index (κ3) is 3.25. The van der Waals surface area contributed by atoms with E-state index in [1.54, 1.807) is 18.7 Å². The van der Waals surface area contributed by atoms with E-state index in [1.807, 2.05) is 49.4 Å². The van der Waals surface area contributed by atoms with Gasteiger partial charge in [-0.2, -0.15) is 0 Å². The van der Waals surface area contributed by atoms with Gasteiger partial charge < -0.3 is 8.98 Å². The van der Waals surface area contributed by atoms with Crippen LogP contribution in [0.2, 0.25) is 0 Å². The van der Waals surface area contributed by atoms with E-state index in [0.29, 0.717) is 5.82 Å². The lowest BCUT2D eigenvalue weighted by Gasteiger charge is -2.09. The molecule has 1 aromatic carbocycles. The summed E-state index contributed by atoms with van der Waals surface area (Å²) in [6, 6.07) is 13.7. The molecule has 30 heavy (non-hydrogen) atoms. The molecule has 0 saturated carbocycles. The molecule has 7 nitrogen and oxygen atoms in total. The van der Waals surface area contributed by atoms with Crippen LogP contribution < -0.4 is 0 Å². The molecule has 0 aliphatic heterocycles. The molecule has 0 aliphatic rings. The molecular weight excluding hydrogens is 396 g/mol. The maximum Gasteiger partial charge on any atom is 0.197 e. The number of aromatic nitrogens is 6. The second-order valence-corrected chi connectivity index (χ2v) is 7.61. The van der Waals surface area contributed by atoms with Crippen LogP contribution in [0.3, 0.4) is 0 Å². The molecule has 0 fully saturated rings. The third-order valence-corrected chi connectivity index (χ3v) is 5.80. The fourth-order valence-electron chi connectivity index (χ4n) is 3.30. The van der Waals surface area contributed by atoms with Gasteiger partial charge in [-0.05, 0) is 49.9 Å². The molecule has 0 bridgehead atoms. The Morgan fingerprint density at radius 1 is 1.03 bits per heavy atom. The zero-order chi connectivity index (χ0) is 20.5. The van der Waals surface area contributed by atoms with Crippen molar-refractivity contribution in [1.29, 1.82) is 0 Å². The number of furan rings is 1. The molecule has 4 heterocycles. The number of benzene rings is 1. The molecule has 0 N–H and O–H groups in total. The molecule has 5 aromatic rings. The van der Waals surface area contributed by atoms with Gasteiger partial charge in [-0.1, -0.05) is 18.2 Å². The Labute approximate surface area is 177 Å². The van der Waals surface area contributed by atoms with Gasteiger partial charge in [-0.3, -0.25) is 4.98 Å². The third-order valence-electron chi connectivity index (χ3n) is 4.81. The Kier molecular flexibility index (Phi) is 4.76. The topological polar surface area (TPSA) is 82.5 Å². The second kappa shape index (κ2) is 7.72. The first-order chi connectivity index (χ1) is 14.7. The summed E-state index contributed by atoms with van der Waals surface area (Å²) in [5.74, 6) is 2.25. The summed E-state index contributed by atoms with van der Waals surface area (Å²) in [5, 5.41) is 11.5. The first-order valence-corrected chi connectivity index (χ1v) is 10.4. The Balaban J connectivity index is 1.62. The highest BCUT2D eigenvalue weighted by molar-refractivity contribution is 7.99. The summed E-state index contributed by atoms with van der Waals surface area (Å²) < 4.78 is 7.53. The van der Waals surface area contributed by atoms with Crippen LogP contribution in [-0.2, 0) is 6.54 Å². The van der Waals surface area contributed by atoms with Crippen LogP contribution in [0.25, 0.3) is 33.7 Å². The van der Waals surface area contributed by atoms with Crippen LogP contribution in [0, 0.1) is 6.92 Å². The summed E-state index contributed by atoms with van der Waals surface area (Å²) in [7, 11) is 0. The molecule has 0 amide bonds. The van der Waals surface area contributed by atoms with Gasteiger partial charge in [0.25, 0.3) is 0 Å². The summed E-state index contributed by atoms with van der Waals surface area (Å²) in [6.45, 7) is 4.73. The van der Waals surface area contributed by atoms with E-state index in [1.165, 1.54) is 11.8 Å². The van der Waals surface area contributed by atoms with Crippen molar-refractivity contribution in [2.24, 2.45) is 0 Å². The number of fused-ring (bicyclic) bond motifs is 1. The number of pyridine rings is 1. The summed E-state index contributed by atoms with van der Waals surface area (Å²) in [5.41, 5.74) is 2.69. The Hall–Kier alpha value is -3.52. The van der Waals surface area contributed by atoms with Gasteiger partial charge in [-0.25, -0.2) is 9.97 Å². The van der Waals surface area contributed by atoms with Gasteiger partial charge in [0, 0.05) is 29.9 Å². The minimum Gasteiger partial charge on any atom is -0.469 e. The molecule has 0 saturated heterocycles. The van der Waals surface area contributed by atoms with Gasteiger partial charge in [0.1, 0.15) is 10.8 Å². The number of hydrogen-bond acceptors (Lipinski definition) is 7. The highest BCUT2D eigenvalue weighted by Crippen LogP contribution is 2.34. The van der Waals surface area contributed by atoms with Crippen molar-refractivity contribution in [3.8, 4) is 22.8 Å². The standard InChI is InChI=1S/C22H18N6OS/c1-3-28-20(16-10-12-29-14(16)2)26-27-22(28)30-21-17-8-4-5-9-18(17)24-19(25-21)15-7-6-11-23-13-15/h4-13H,3H2,1-2H3. The minimum atomic E-state index is 0.637. The largest absolute Gasteiger partial charge is 0.469 e. The van der Waals surface area contributed by atoms with Crippen molar-refractivity contribution in [2.75, 3.05) is 0 Å². The van der Waals surface area contributed by atoms with Crippen molar-refractivity contribution in [1.82, 2.24) is 29.7 Å². The lowest BCUT2D eigenvalue weighted by atomic mass is 10.2. The van der Waals surface area contributed by atoms with Crippen LogP contribution in [0.4, 0.5) is 0 Å². The highest BCUT2D eigenvalue weighted by Gasteiger charge is 2.19. The SMILES string of the molecule is CCn1c(Sc2nc(-c3cccnc3)nc3ccccc23)nnc1-c1ccoc1C. The molecule has 8 heteroatoms. The van der Waals surface area contributed by atoms with Crippen molar-refractivity contribution in [3.05, 3.63) is 66.9 Å².